The van der Waals surface area contributed by atoms with Gasteiger partial charge in [-0.05, 0) is 39.0 Å². The molecule has 3 heterocycles. The minimum atomic E-state index is -1.20. The first kappa shape index (κ1) is 26.7. The number of esters is 1. The Morgan fingerprint density at radius 3 is 2.14 bits per heavy atom. The normalized spacial score (nSPS) is 22.5. The van der Waals surface area contributed by atoms with Crippen LogP contribution in [0.2, 0.25) is 0 Å². The van der Waals surface area contributed by atoms with Crippen LogP contribution in [0.5, 0.6) is 23.0 Å². The van der Waals surface area contributed by atoms with Crippen molar-refractivity contribution in [2.24, 2.45) is 0 Å². The number of aromatic hydroxyl groups is 4. The van der Waals surface area contributed by atoms with Crippen molar-refractivity contribution in [1.29, 1.82) is 0 Å². The molecule has 0 saturated carbocycles. The lowest BCUT2D eigenvalue weighted by Gasteiger charge is -2.30. The van der Waals surface area contributed by atoms with Gasteiger partial charge in [0.25, 0.3) is 0 Å². The average molecular weight is 587 g/mol. The van der Waals surface area contributed by atoms with Crippen LogP contribution in [0.15, 0.2) is 37.1 Å². The van der Waals surface area contributed by atoms with Gasteiger partial charge in [0.05, 0.1) is 45.1 Å². The summed E-state index contributed by atoms with van der Waals surface area (Å²) in [6, 6.07) is 1.67. The minimum absolute atomic E-state index is 0.109. The number of phenolic OH excluding ortho intramolecular Hbond substituents is 4. The molecule has 0 spiro atoms. The van der Waals surface area contributed by atoms with E-state index in [9.17, 15) is 44.4 Å². The summed E-state index contributed by atoms with van der Waals surface area (Å²) in [4.78, 5) is 66.6. The topological polar surface area (TPSA) is 194 Å². The number of carbonyl (C=O) groups excluding carboxylic acids is 1. The van der Waals surface area contributed by atoms with Crippen LogP contribution in [0, 0.1) is 10.4 Å². The molecule has 218 valence electrons. The second kappa shape index (κ2) is 8.65. The molecule has 0 amide bonds. The molecule has 0 bridgehead atoms. The van der Waals surface area contributed by atoms with Gasteiger partial charge in [0, 0.05) is 27.8 Å². The molecule has 4 unspecified atom stereocenters. The summed E-state index contributed by atoms with van der Waals surface area (Å²) >= 11 is 0. The molecular weight excluding hydrogens is 564 g/mol. The summed E-state index contributed by atoms with van der Waals surface area (Å²) in [6.07, 6.45) is -2.50. The van der Waals surface area contributed by atoms with E-state index in [1.54, 1.807) is 13.8 Å². The minimum Gasteiger partial charge on any atom is -0.507 e. The van der Waals surface area contributed by atoms with Crippen LogP contribution in [0.25, 0.3) is 28.0 Å². The summed E-state index contributed by atoms with van der Waals surface area (Å²) < 4.78 is 16.6. The maximum atomic E-state index is 13.9. The molecule has 1 saturated heterocycles. The highest BCUT2D eigenvalue weighted by Gasteiger charge is 2.46. The lowest BCUT2D eigenvalue weighted by molar-refractivity contribution is -0.143. The number of hydrogen-bond donors (Lipinski definition) is 4. The Morgan fingerprint density at radius 2 is 1.42 bits per heavy atom. The lowest BCUT2D eigenvalue weighted by atomic mass is 9.87. The molecule has 1 fully saturated rings. The van der Waals surface area contributed by atoms with Crippen molar-refractivity contribution in [2.45, 2.75) is 51.6 Å². The van der Waals surface area contributed by atoms with E-state index in [-0.39, 0.29) is 34.1 Å². The van der Waals surface area contributed by atoms with Crippen LogP contribution in [0.4, 0.5) is 0 Å². The Labute approximate surface area is 239 Å². The van der Waals surface area contributed by atoms with Gasteiger partial charge in [-0.25, -0.2) is 0 Å². The number of hydrogen-bond acceptors (Lipinski definition) is 12. The first-order valence-electron chi connectivity index (χ1n) is 13.4. The second-order valence-corrected chi connectivity index (χ2v) is 11.0. The van der Waals surface area contributed by atoms with Gasteiger partial charge in [-0.2, -0.15) is 0 Å². The fourth-order valence-corrected chi connectivity index (χ4v) is 6.70. The number of allylic oxidation sites excluding steroid dienone is 1. The molecule has 0 aromatic heterocycles. The maximum Gasteiger partial charge on any atom is 0.309 e. The standard InChI is InChI=1S/C31H22O12/c1-8-4-13-18(9(2)41-8)28(38)22-20(27(13)37)14(32)5-11(25(22)35)12-6-15(33)21-23(26(12)36)29(39)19-10(3)42-16-7-17(34)43-31(16)24(19)30(21)40/h4-6,9-10,16,31-32,35,37-38H,7H2,1-3H3. The third-order valence-electron chi connectivity index (χ3n) is 8.47. The molecule has 2 aromatic rings. The van der Waals surface area contributed by atoms with E-state index in [4.69, 9.17) is 14.2 Å². The largest absolute Gasteiger partial charge is 0.507 e. The summed E-state index contributed by atoms with van der Waals surface area (Å²) in [5, 5.41) is 42.4. The van der Waals surface area contributed by atoms with Crippen LogP contribution in [-0.2, 0) is 19.0 Å². The number of fused-ring (bicyclic) bond motifs is 5. The fourth-order valence-electron chi connectivity index (χ4n) is 6.70. The lowest BCUT2D eigenvalue weighted by Crippen LogP contribution is -2.40. The molecule has 7 rings (SSSR count). The molecule has 0 radical (unpaired) electrons. The van der Waals surface area contributed by atoms with E-state index in [0.717, 1.165) is 12.1 Å². The van der Waals surface area contributed by atoms with Gasteiger partial charge in [-0.1, -0.05) is 0 Å². The maximum absolute atomic E-state index is 13.9. The Kier molecular flexibility index (Phi) is 5.36. The number of carbonyl (C=O) groups is 1. The van der Waals surface area contributed by atoms with Gasteiger partial charge in [-0.3, -0.25) is 24.0 Å². The van der Waals surface area contributed by atoms with Crippen molar-refractivity contribution < 1.29 is 39.4 Å². The summed E-state index contributed by atoms with van der Waals surface area (Å²) in [5.74, 6) is -2.65. The van der Waals surface area contributed by atoms with Crippen LogP contribution in [0.1, 0.15) is 67.8 Å². The molecule has 12 heteroatoms. The van der Waals surface area contributed by atoms with Crippen LogP contribution in [0.3, 0.4) is 0 Å². The number of phenols is 4. The Bertz CT molecular complexity index is 2290. The van der Waals surface area contributed by atoms with Crippen LogP contribution in [-0.4, -0.2) is 32.5 Å². The summed E-state index contributed by atoms with van der Waals surface area (Å²) in [6.45, 7) is 4.71. The monoisotopic (exact) mass is 586 g/mol. The van der Waals surface area contributed by atoms with Crippen molar-refractivity contribution in [3.8, 4) is 34.1 Å². The molecule has 12 nitrogen and oxygen atoms in total. The zero-order chi connectivity index (χ0) is 30.8. The quantitative estimate of drug-likeness (QED) is 0.188. The predicted octanol–water partition coefficient (Wildman–Crippen LogP) is 2.27. The van der Waals surface area contributed by atoms with Crippen molar-refractivity contribution in [1.82, 2.24) is 0 Å². The van der Waals surface area contributed by atoms with Crippen LogP contribution < -0.4 is 21.7 Å². The highest BCUT2D eigenvalue weighted by molar-refractivity contribution is 6.08. The molecule has 3 aliphatic heterocycles. The van der Waals surface area contributed by atoms with E-state index in [1.807, 2.05) is 0 Å². The van der Waals surface area contributed by atoms with E-state index >= 15 is 0 Å². The molecule has 5 aliphatic rings. The Balaban J connectivity index is 1.57. The second-order valence-electron chi connectivity index (χ2n) is 11.0. The fraction of sp³-hybridized carbons (Fsp3) is 0.258. The van der Waals surface area contributed by atoms with Gasteiger partial charge in [0.15, 0.2) is 27.8 Å². The zero-order valence-corrected chi connectivity index (χ0v) is 22.8. The SMILES string of the molecule is CC1=Cc2c(c(O)c3c(O)c(-c4cc(=O)c5c(=O)c6c(c(=O)c=5c4=O)C(C)OC4CC(=O)OC64)cc(O)c3c2O)C(C)O1. The Morgan fingerprint density at radius 1 is 0.721 bits per heavy atom. The first-order chi connectivity index (χ1) is 20.3. The number of rotatable bonds is 1. The molecule has 2 aromatic carbocycles. The molecule has 43 heavy (non-hydrogen) atoms. The molecule has 2 aliphatic carbocycles. The number of benzene rings is 2. The van der Waals surface area contributed by atoms with Crippen LogP contribution >= 0.6 is 0 Å². The van der Waals surface area contributed by atoms with E-state index in [2.05, 4.69) is 0 Å². The van der Waals surface area contributed by atoms with Crippen molar-refractivity contribution >= 4 is 22.8 Å². The third-order valence-corrected chi connectivity index (χ3v) is 8.47. The van der Waals surface area contributed by atoms with E-state index in [1.165, 1.54) is 13.0 Å². The zero-order valence-electron chi connectivity index (χ0n) is 22.8. The van der Waals surface area contributed by atoms with Crippen molar-refractivity contribution in [3.05, 3.63) is 91.5 Å². The van der Waals surface area contributed by atoms with Gasteiger partial charge >= 0.3 is 5.97 Å². The van der Waals surface area contributed by atoms with Gasteiger partial charge in [0.2, 0.25) is 0 Å². The highest BCUT2D eigenvalue weighted by atomic mass is 16.6. The van der Waals surface area contributed by atoms with Crippen molar-refractivity contribution in [3.63, 3.8) is 0 Å². The molecule has 4 N–H and O–H groups in total. The summed E-state index contributed by atoms with van der Waals surface area (Å²) in [7, 11) is 0. The molecular formula is C31H22O12. The van der Waals surface area contributed by atoms with Gasteiger partial charge < -0.3 is 34.6 Å². The van der Waals surface area contributed by atoms with E-state index in [0.29, 0.717) is 5.76 Å². The van der Waals surface area contributed by atoms with Crippen molar-refractivity contribution in [2.75, 3.05) is 0 Å². The van der Waals surface area contributed by atoms with E-state index < -0.39 is 102 Å². The predicted molar refractivity (Wildman–Crippen MR) is 149 cm³/mol. The average Bonchev–Trinajstić information content (AvgIpc) is 3.30. The summed E-state index contributed by atoms with van der Waals surface area (Å²) in [5.41, 5.74) is -5.12. The first-order valence-corrected chi connectivity index (χ1v) is 13.4. The highest BCUT2D eigenvalue weighted by Crippen LogP contribution is 2.54. The smallest absolute Gasteiger partial charge is 0.309 e. The number of ether oxygens (including phenoxy) is 3. The van der Waals surface area contributed by atoms with Gasteiger partial charge in [0.1, 0.15) is 35.2 Å². The third kappa shape index (κ3) is 3.37. The van der Waals surface area contributed by atoms with Gasteiger partial charge in [-0.15, -0.1) is 0 Å². The Hall–Kier alpha value is -5.23. The molecule has 4 atom stereocenters.